The molecule has 2 aromatic carbocycles. The number of anilines is 1. The topological polar surface area (TPSA) is 49.2 Å². The maximum absolute atomic E-state index is 5.27. The summed E-state index contributed by atoms with van der Waals surface area (Å²) < 4.78 is 2.09. The molecule has 3 rings (SSSR count). The monoisotopic (exact) mass is 323 g/mol. The second-order valence-corrected chi connectivity index (χ2v) is 5.65. The molecule has 6 heteroatoms. The van der Waals surface area contributed by atoms with Crippen molar-refractivity contribution in [3.63, 3.8) is 0 Å². The van der Waals surface area contributed by atoms with Crippen LogP contribution in [0.15, 0.2) is 59.7 Å². The lowest BCUT2D eigenvalue weighted by atomic mass is 10.2. The Hall–Kier alpha value is -2.73. The Morgan fingerprint density at radius 2 is 1.78 bits per heavy atom. The third kappa shape index (κ3) is 3.37. The van der Waals surface area contributed by atoms with E-state index in [-0.39, 0.29) is 0 Å². The molecule has 0 saturated carbocycles. The van der Waals surface area contributed by atoms with Gasteiger partial charge in [-0.25, -0.2) is 5.10 Å². The summed E-state index contributed by atoms with van der Waals surface area (Å²) in [5.74, 6) is 0.691. The smallest absolute Gasteiger partial charge is 0.216 e. The lowest BCUT2D eigenvalue weighted by Crippen LogP contribution is -2.08. The summed E-state index contributed by atoms with van der Waals surface area (Å²) in [6.45, 7) is 0. The predicted octanol–water partition coefficient (Wildman–Crippen LogP) is 3.56. The average molecular weight is 323 g/mol. The highest BCUT2D eigenvalue weighted by molar-refractivity contribution is 7.71. The molecule has 0 aliphatic rings. The Morgan fingerprint density at radius 3 is 2.43 bits per heavy atom. The highest BCUT2D eigenvalue weighted by Gasteiger charge is 2.06. The van der Waals surface area contributed by atoms with Crippen molar-refractivity contribution in [1.82, 2.24) is 14.9 Å². The summed E-state index contributed by atoms with van der Waals surface area (Å²) >= 11 is 5.27. The maximum atomic E-state index is 5.27. The summed E-state index contributed by atoms with van der Waals surface area (Å²) in [5, 5.41) is 11.5. The molecule has 0 atom stereocenters. The van der Waals surface area contributed by atoms with Gasteiger partial charge < -0.3 is 4.90 Å². The minimum absolute atomic E-state index is 0.463. The van der Waals surface area contributed by atoms with Crippen LogP contribution in [0.25, 0.3) is 11.4 Å². The molecule has 0 radical (unpaired) electrons. The fourth-order valence-corrected chi connectivity index (χ4v) is 2.34. The summed E-state index contributed by atoms with van der Waals surface area (Å²) in [6.07, 6.45) is 1.78. The van der Waals surface area contributed by atoms with Gasteiger partial charge in [-0.3, -0.25) is 0 Å². The number of benzene rings is 2. The zero-order valence-electron chi connectivity index (χ0n) is 13.0. The fraction of sp³-hybridized carbons (Fsp3) is 0.118. The van der Waals surface area contributed by atoms with Crippen molar-refractivity contribution < 1.29 is 0 Å². The molecule has 0 unspecified atom stereocenters. The first-order valence-electron chi connectivity index (χ1n) is 7.20. The molecule has 116 valence electrons. The fourth-order valence-electron chi connectivity index (χ4n) is 2.16. The van der Waals surface area contributed by atoms with Crippen molar-refractivity contribution in [2.75, 3.05) is 19.0 Å². The van der Waals surface area contributed by atoms with Gasteiger partial charge in [-0.15, -0.1) is 0 Å². The van der Waals surface area contributed by atoms with E-state index in [1.165, 1.54) is 0 Å². The van der Waals surface area contributed by atoms with Crippen LogP contribution in [0.2, 0.25) is 0 Å². The highest BCUT2D eigenvalue weighted by atomic mass is 32.1. The molecule has 0 fully saturated rings. The van der Waals surface area contributed by atoms with Gasteiger partial charge in [-0.1, -0.05) is 42.5 Å². The first kappa shape index (κ1) is 15.2. The minimum atomic E-state index is 0.463. The van der Waals surface area contributed by atoms with Crippen molar-refractivity contribution in [3.8, 4) is 11.4 Å². The first-order valence-corrected chi connectivity index (χ1v) is 7.60. The van der Waals surface area contributed by atoms with E-state index in [0.717, 1.165) is 16.8 Å². The predicted molar refractivity (Wildman–Crippen MR) is 96.6 cm³/mol. The van der Waals surface area contributed by atoms with Crippen LogP contribution < -0.4 is 4.90 Å². The van der Waals surface area contributed by atoms with Crippen LogP contribution in [0, 0.1) is 4.77 Å². The van der Waals surface area contributed by atoms with Crippen LogP contribution in [-0.4, -0.2) is 35.2 Å². The second kappa shape index (κ2) is 6.58. The number of H-pyrrole nitrogens is 1. The Labute approximate surface area is 139 Å². The molecule has 23 heavy (non-hydrogen) atoms. The molecule has 0 spiro atoms. The van der Waals surface area contributed by atoms with Crippen molar-refractivity contribution in [3.05, 3.63) is 64.9 Å². The van der Waals surface area contributed by atoms with Gasteiger partial charge >= 0.3 is 0 Å². The zero-order chi connectivity index (χ0) is 16.2. The summed E-state index contributed by atoms with van der Waals surface area (Å²) in [4.78, 5) is 2.06. The number of hydrogen-bond acceptors (Lipinski definition) is 4. The van der Waals surface area contributed by atoms with Crippen LogP contribution in [0.4, 0.5) is 5.69 Å². The molecule has 1 N–H and O–H groups in total. The van der Waals surface area contributed by atoms with Crippen molar-refractivity contribution in [2.45, 2.75) is 0 Å². The summed E-state index contributed by atoms with van der Waals surface area (Å²) in [7, 11) is 4.03. The normalized spacial score (nSPS) is 11.0. The largest absolute Gasteiger partial charge is 0.378 e. The van der Waals surface area contributed by atoms with Crippen LogP contribution in [0.3, 0.4) is 0 Å². The summed E-state index contributed by atoms with van der Waals surface area (Å²) in [5.41, 5.74) is 3.10. The minimum Gasteiger partial charge on any atom is -0.378 e. The molecule has 0 aliphatic heterocycles. The van der Waals surface area contributed by atoms with Crippen molar-refractivity contribution in [1.29, 1.82) is 0 Å². The van der Waals surface area contributed by atoms with E-state index in [9.17, 15) is 0 Å². The SMILES string of the molecule is CN(C)c1ccc(/C=N\n2c(-c3ccccc3)n[nH]c2=S)cc1. The molecule has 1 heterocycles. The molecule has 0 amide bonds. The average Bonchev–Trinajstić information content (AvgIpc) is 2.95. The van der Waals surface area contributed by atoms with E-state index in [0.29, 0.717) is 10.6 Å². The van der Waals surface area contributed by atoms with Crippen molar-refractivity contribution in [2.24, 2.45) is 5.10 Å². The third-order valence-electron chi connectivity index (χ3n) is 3.41. The molecule has 1 aromatic heterocycles. The third-order valence-corrected chi connectivity index (χ3v) is 3.68. The van der Waals surface area contributed by atoms with Crippen LogP contribution in [-0.2, 0) is 0 Å². The number of hydrogen-bond donors (Lipinski definition) is 1. The van der Waals surface area contributed by atoms with Gasteiger partial charge in [0.15, 0.2) is 5.82 Å². The Bertz CT molecular complexity index is 860. The quantitative estimate of drug-likeness (QED) is 0.590. The van der Waals surface area contributed by atoms with Gasteiger partial charge in [0, 0.05) is 25.3 Å². The lowest BCUT2D eigenvalue weighted by Gasteiger charge is -2.11. The molecular formula is C17H17N5S. The number of aromatic nitrogens is 3. The van der Waals surface area contributed by atoms with Gasteiger partial charge in [0.2, 0.25) is 4.77 Å². The zero-order valence-corrected chi connectivity index (χ0v) is 13.8. The Kier molecular flexibility index (Phi) is 4.34. The molecule has 5 nitrogen and oxygen atoms in total. The van der Waals surface area contributed by atoms with Gasteiger partial charge in [0.25, 0.3) is 0 Å². The van der Waals surface area contributed by atoms with E-state index in [4.69, 9.17) is 12.2 Å². The van der Waals surface area contributed by atoms with Gasteiger partial charge in [0.05, 0.1) is 6.21 Å². The number of rotatable bonds is 4. The van der Waals surface area contributed by atoms with Crippen molar-refractivity contribution >= 4 is 24.1 Å². The van der Waals surface area contributed by atoms with Crippen LogP contribution in [0.1, 0.15) is 5.56 Å². The molecular weight excluding hydrogens is 306 g/mol. The van der Waals surface area contributed by atoms with Gasteiger partial charge in [0.1, 0.15) is 0 Å². The van der Waals surface area contributed by atoms with E-state index >= 15 is 0 Å². The van der Waals surface area contributed by atoms with E-state index in [1.54, 1.807) is 10.9 Å². The van der Waals surface area contributed by atoms with Gasteiger partial charge in [-0.05, 0) is 29.9 Å². The second-order valence-electron chi connectivity index (χ2n) is 5.26. The van der Waals surface area contributed by atoms with Crippen LogP contribution >= 0.6 is 12.2 Å². The Balaban J connectivity index is 1.91. The van der Waals surface area contributed by atoms with E-state index < -0.39 is 0 Å². The standard InChI is InChI=1S/C17H17N5S/c1-21(2)15-10-8-13(9-11-15)12-18-22-16(19-20-17(22)23)14-6-4-3-5-7-14/h3-12H,1-2H3,(H,20,23)/b18-12-. The Morgan fingerprint density at radius 1 is 1.09 bits per heavy atom. The number of nitrogens with one attached hydrogen (secondary N) is 1. The highest BCUT2D eigenvalue weighted by Crippen LogP contribution is 2.16. The van der Waals surface area contributed by atoms with Crippen LogP contribution in [0.5, 0.6) is 0 Å². The van der Waals surface area contributed by atoms with E-state index in [2.05, 4.69) is 20.2 Å². The maximum Gasteiger partial charge on any atom is 0.216 e. The molecule has 0 aliphatic carbocycles. The molecule has 0 saturated heterocycles. The lowest BCUT2D eigenvalue weighted by molar-refractivity contribution is 0.871. The van der Waals surface area contributed by atoms with E-state index in [1.807, 2.05) is 68.7 Å². The molecule has 0 bridgehead atoms. The molecule has 3 aromatic rings. The number of aromatic amines is 1. The first-order chi connectivity index (χ1) is 11.1. The summed E-state index contributed by atoms with van der Waals surface area (Å²) in [6, 6.07) is 18.0. The number of nitrogens with zero attached hydrogens (tertiary/aromatic N) is 4. The van der Waals surface area contributed by atoms with Gasteiger partial charge in [-0.2, -0.15) is 14.9 Å².